The Hall–Kier alpha value is -2.37. The number of carbonyl (C=O) groups is 3. The summed E-state index contributed by atoms with van der Waals surface area (Å²) in [6.07, 6.45) is 0.558. The molecule has 24 heavy (non-hydrogen) atoms. The fraction of sp³-hybridized carbons (Fsp3) is 0.500. The second-order valence-corrected chi connectivity index (χ2v) is 5.23. The van der Waals surface area contributed by atoms with Crippen molar-refractivity contribution in [1.82, 2.24) is 5.32 Å². The molecule has 0 radical (unpaired) electrons. The number of alkyl carbamates (subject to hydrolysis) is 1. The van der Waals surface area contributed by atoms with Crippen LogP contribution < -0.4 is 5.32 Å². The number of amides is 1. The molecule has 0 unspecified atom stereocenters. The molecule has 0 saturated carbocycles. The van der Waals surface area contributed by atoms with Crippen molar-refractivity contribution in [1.29, 1.82) is 0 Å². The van der Waals surface area contributed by atoms with E-state index in [9.17, 15) is 14.4 Å². The van der Waals surface area contributed by atoms with Crippen molar-refractivity contribution < 1.29 is 23.9 Å². The minimum atomic E-state index is -0.673. The Kier molecular flexibility index (Phi) is 9.19. The molecular formula is C18H25NO5. The predicted molar refractivity (Wildman–Crippen MR) is 89.6 cm³/mol. The van der Waals surface area contributed by atoms with Gasteiger partial charge in [0.15, 0.2) is 5.78 Å². The summed E-state index contributed by atoms with van der Waals surface area (Å²) in [7, 11) is 0. The zero-order chi connectivity index (χ0) is 17.8. The van der Waals surface area contributed by atoms with Crippen LogP contribution in [0.25, 0.3) is 0 Å². The molecule has 0 spiro atoms. The van der Waals surface area contributed by atoms with Crippen LogP contribution in [0.3, 0.4) is 0 Å². The normalized spacial score (nSPS) is 11.4. The molecule has 0 aliphatic heterocycles. The summed E-state index contributed by atoms with van der Waals surface area (Å²) in [5.74, 6) is -0.445. The maximum atomic E-state index is 12.4. The molecule has 132 valence electrons. The molecule has 0 aliphatic rings. The van der Waals surface area contributed by atoms with Crippen LogP contribution >= 0.6 is 0 Å². The molecule has 6 heteroatoms. The van der Waals surface area contributed by atoms with Crippen LogP contribution in [0.1, 0.15) is 38.7 Å². The molecule has 0 aliphatic carbocycles. The fourth-order valence-electron chi connectivity index (χ4n) is 2.22. The van der Waals surface area contributed by atoms with Gasteiger partial charge in [-0.25, -0.2) is 4.79 Å². The topological polar surface area (TPSA) is 81.7 Å². The van der Waals surface area contributed by atoms with E-state index in [1.807, 2.05) is 30.3 Å². The Morgan fingerprint density at radius 3 is 2.29 bits per heavy atom. The van der Waals surface area contributed by atoms with Crippen molar-refractivity contribution in [2.24, 2.45) is 0 Å². The number of Topliss-reactive ketones (excluding diaryl/α,β-unsaturated/α-hetero) is 1. The number of hydrogen-bond acceptors (Lipinski definition) is 5. The van der Waals surface area contributed by atoms with Crippen LogP contribution in [0.4, 0.5) is 4.79 Å². The van der Waals surface area contributed by atoms with Gasteiger partial charge in [0.05, 0.1) is 19.3 Å². The van der Waals surface area contributed by atoms with Crippen molar-refractivity contribution in [2.45, 2.75) is 45.6 Å². The highest BCUT2D eigenvalue weighted by Crippen LogP contribution is 2.08. The number of ether oxygens (including phenoxy) is 2. The molecule has 6 nitrogen and oxygen atoms in total. The average Bonchev–Trinajstić information content (AvgIpc) is 2.55. The van der Waals surface area contributed by atoms with E-state index in [1.165, 1.54) is 0 Å². The van der Waals surface area contributed by atoms with Crippen molar-refractivity contribution in [3.05, 3.63) is 35.9 Å². The van der Waals surface area contributed by atoms with Crippen LogP contribution in [0, 0.1) is 0 Å². The molecule has 1 aromatic carbocycles. The second-order valence-electron chi connectivity index (χ2n) is 5.23. The highest BCUT2D eigenvalue weighted by Gasteiger charge is 2.21. The van der Waals surface area contributed by atoms with Gasteiger partial charge in [0.25, 0.3) is 0 Å². The lowest BCUT2D eigenvalue weighted by Gasteiger charge is -2.17. The highest BCUT2D eigenvalue weighted by atomic mass is 16.5. The summed E-state index contributed by atoms with van der Waals surface area (Å²) in [5.41, 5.74) is 0.943. The molecule has 1 amide bonds. The van der Waals surface area contributed by atoms with Gasteiger partial charge in [0, 0.05) is 12.8 Å². The number of benzene rings is 1. The van der Waals surface area contributed by atoms with Crippen LogP contribution in [-0.2, 0) is 25.5 Å². The summed E-state index contributed by atoms with van der Waals surface area (Å²) in [5, 5.41) is 2.60. The molecule has 0 fully saturated rings. The SMILES string of the molecule is CCOC(=O)CCCC(=O)[C@H](Cc1ccccc1)NC(=O)OCC. The lowest BCUT2D eigenvalue weighted by atomic mass is 9.99. The standard InChI is InChI=1S/C18H25NO5/c1-3-23-17(21)12-8-11-16(20)15(19-18(22)24-4-2)13-14-9-6-5-7-10-14/h5-7,9-10,15H,3-4,8,11-13H2,1-2H3,(H,19,22)/t15-/m0/s1. The lowest BCUT2D eigenvalue weighted by molar-refractivity contribution is -0.143. The number of hydrogen-bond donors (Lipinski definition) is 1. The molecular weight excluding hydrogens is 310 g/mol. The Labute approximate surface area is 142 Å². The maximum absolute atomic E-state index is 12.4. The third-order valence-corrected chi connectivity index (χ3v) is 3.35. The average molecular weight is 335 g/mol. The monoisotopic (exact) mass is 335 g/mol. The summed E-state index contributed by atoms with van der Waals surface area (Å²) in [6, 6.07) is 8.76. The maximum Gasteiger partial charge on any atom is 0.407 e. The fourth-order valence-corrected chi connectivity index (χ4v) is 2.22. The molecule has 1 aromatic rings. The first-order valence-corrected chi connectivity index (χ1v) is 8.22. The van der Waals surface area contributed by atoms with Gasteiger partial charge in [0.2, 0.25) is 0 Å². The molecule has 0 aromatic heterocycles. The third kappa shape index (κ3) is 7.76. The zero-order valence-electron chi connectivity index (χ0n) is 14.2. The van der Waals surface area contributed by atoms with Crippen LogP contribution in [0.2, 0.25) is 0 Å². The van der Waals surface area contributed by atoms with E-state index >= 15 is 0 Å². The molecule has 1 rings (SSSR count). The van der Waals surface area contributed by atoms with Crippen LogP contribution in [0.5, 0.6) is 0 Å². The van der Waals surface area contributed by atoms with E-state index < -0.39 is 12.1 Å². The number of esters is 1. The first-order valence-electron chi connectivity index (χ1n) is 8.22. The van der Waals surface area contributed by atoms with Gasteiger partial charge in [-0.3, -0.25) is 9.59 Å². The minimum absolute atomic E-state index is 0.129. The molecule has 0 saturated heterocycles. The van der Waals surface area contributed by atoms with E-state index in [1.54, 1.807) is 13.8 Å². The van der Waals surface area contributed by atoms with Gasteiger partial charge in [-0.2, -0.15) is 0 Å². The van der Waals surface area contributed by atoms with Crippen LogP contribution in [0.15, 0.2) is 30.3 Å². The van der Waals surface area contributed by atoms with Gasteiger partial charge >= 0.3 is 12.1 Å². The summed E-state index contributed by atoms with van der Waals surface area (Å²) in [6.45, 7) is 4.00. The molecule has 1 N–H and O–H groups in total. The van der Waals surface area contributed by atoms with Crippen molar-refractivity contribution in [3.8, 4) is 0 Å². The van der Waals surface area contributed by atoms with Gasteiger partial charge in [-0.15, -0.1) is 0 Å². The second kappa shape index (κ2) is 11.2. The smallest absolute Gasteiger partial charge is 0.407 e. The van der Waals surface area contributed by atoms with Gasteiger partial charge in [-0.1, -0.05) is 30.3 Å². The summed E-state index contributed by atoms with van der Waals surface area (Å²) in [4.78, 5) is 35.4. The van der Waals surface area contributed by atoms with Crippen molar-refractivity contribution >= 4 is 17.8 Å². The van der Waals surface area contributed by atoms with Crippen molar-refractivity contribution in [2.75, 3.05) is 13.2 Å². The summed E-state index contributed by atoms with van der Waals surface area (Å²) >= 11 is 0. The Bertz CT molecular complexity index is 529. The molecule has 0 heterocycles. The largest absolute Gasteiger partial charge is 0.466 e. The third-order valence-electron chi connectivity index (χ3n) is 3.35. The van der Waals surface area contributed by atoms with E-state index in [4.69, 9.17) is 9.47 Å². The molecule has 0 bridgehead atoms. The van der Waals surface area contributed by atoms with Crippen LogP contribution in [-0.4, -0.2) is 37.1 Å². The first kappa shape index (κ1) is 19.7. The number of nitrogens with one attached hydrogen (secondary N) is 1. The van der Waals surface area contributed by atoms with Gasteiger partial charge in [-0.05, 0) is 32.3 Å². The Morgan fingerprint density at radius 2 is 1.67 bits per heavy atom. The zero-order valence-corrected chi connectivity index (χ0v) is 14.2. The first-order chi connectivity index (χ1) is 11.6. The van der Waals surface area contributed by atoms with Crippen molar-refractivity contribution in [3.63, 3.8) is 0 Å². The minimum Gasteiger partial charge on any atom is -0.466 e. The Morgan fingerprint density at radius 1 is 1.00 bits per heavy atom. The predicted octanol–water partition coefficient (Wildman–Crippen LogP) is 2.65. The van der Waals surface area contributed by atoms with E-state index in [2.05, 4.69) is 5.32 Å². The lowest BCUT2D eigenvalue weighted by Crippen LogP contribution is -2.42. The number of ketones is 1. The molecule has 1 atom stereocenters. The van der Waals surface area contributed by atoms with E-state index in [-0.39, 0.29) is 31.2 Å². The van der Waals surface area contributed by atoms with Gasteiger partial charge < -0.3 is 14.8 Å². The quantitative estimate of drug-likeness (QED) is 0.665. The number of carbonyl (C=O) groups excluding carboxylic acids is 3. The van der Waals surface area contributed by atoms with E-state index in [0.29, 0.717) is 19.4 Å². The van der Waals surface area contributed by atoms with E-state index in [0.717, 1.165) is 5.56 Å². The Balaban J connectivity index is 2.60. The van der Waals surface area contributed by atoms with Gasteiger partial charge in [0.1, 0.15) is 0 Å². The summed E-state index contributed by atoms with van der Waals surface area (Å²) < 4.78 is 9.69. The number of rotatable bonds is 10. The highest BCUT2D eigenvalue weighted by molar-refractivity contribution is 5.88.